The maximum absolute atomic E-state index is 11.8. The highest BCUT2D eigenvalue weighted by Crippen LogP contribution is 2.07. The number of carbonyl (C=O) groups excluding carboxylic acids is 3. The molecule has 0 unspecified atom stereocenters. The van der Waals surface area contributed by atoms with Gasteiger partial charge in [-0.05, 0) is 5.56 Å². The van der Waals surface area contributed by atoms with Gasteiger partial charge in [-0.25, -0.2) is 4.79 Å². The van der Waals surface area contributed by atoms with Crippen LogP contribution in [0.25, 0.3) is 0 Å². The minimum atomic E-state index is -0.570. The lowest BCUT2D eigenvalue weighted by atomic mass is 10.1. The minimum Gasteiger partial charge on any atom is -0.347 e. The molecule has 1 aliphatic rings. The Labute approximate surface area is 137 Å². The van der Waals surface area contributed by atoms with E-state index in [1.54, 1.807) is 0 Å². The van der Waals surface area contributed by atoms with E-state index in [1.165, 1.54) is 0 Å². The number of nitrogens with zero attached hydrogens (tertiary/aromatic N) is 3. The van der Waals surface area contributed by atoms with Gasteiger partial charge < -0.3 is 15.2 Å². The molecule has 0 bridgehead atoms. The number of nitrogens with one attached hydrogen (secondary N) is 2. The smallest absolute Gasteiger partial charge is 0.325 e. The molecule has 3 rings (SSSR count). The van der Waals surface area contributed by atoms with Gasteiger partial charge in [-0.15, -0.1) is 0 Å². The predicted octanol–water partition coefficient (Wildman–Crippen LogP) is -0.172. The van der Waals surface area contributed by atoms with Crippen molar-refractivity contribution in [1.82, 2.24) is 25.7 Å². The Balaban J connectivity index is 1.49. The Morgan fingerprint density at radius 3 is 2.79 bits per heavy atom. The van der Waals surface area contributed by atoms with Crippen LogP contribution in [0.2, 0.25) is 0 Å². The maximum Gasteiger partial charge on any atom is 0.325 e. The number of rotatable bonds is 6. The van der Waals surface area contributed by atoms with E-state index in [0.717, 1.165) is 10.5 Å². The molecular weight excluding hydrogens is 314 g/mol. The van der Waals surface area contributed by atoms with Gasteiger partial charge in [-0.2, -0.15) is 4.98 Å². The molecule has 1 saturated heterocycles. The first-order valence-corrected chi connectivity index (χ1v) is 7.32. The summed E-state index contributed by atoms with van der Waals surface area (Å²) in [7, 11) is 0. The van der Waals surface area contributed by atoms with E-state index in [4.69, 9.17) is 4.52 Å². The van der Waals surface area contributed by atoms with Crippen molar-refractivity contribution in [3.8, 4) is 0 Å². The molecular formula is C15H15N5O4. The van der Waals surface area contributed by atoms with Gasteiger partial charge in [0, 0.05) is 0 Å². The molecule has 0 atom stereocenters. The number of aromatic nitrogens is 2. The second-order valence-electron chi connectivity index (χ2n) is 5.18. The van der Waals surface area contributed by atoms with Crippen LogP contribution in [0.3, 0.4) is 0 Å². The summed E-state index contributed by atoms with van der Waals surface area (Å²) in [6.45, 7) is -0.361. The normalized spacial score (nSPS) is 13.9. The molecule has 9 nitrogen and oxygen atoms in total. The average Bonchev–Trinajstić information content (AvgIpc) is 3.15. The molecule has 1 aromatic heterocycles. The maximum atomic E-state index is 11.8. The summed E-state index contributed by atoms with van der Waals surface area (Å²) >= 11 is 0. The molecule has 4 amide bonds. The third-order valence-electron chi connectivity index (χ3n) is 3.39. The molecule has 1 fully saturated rings. The van der Waals surface area contributed by atoms with Crippen LogP contribution >= 0.6 is 0 Å². The fourth-order valence-electron chi connectivity index (χ4n) is 2.20. The first-order valence-electron chi connectivity index (χ1n) is 7.32. The first kappa shape index (κ1) is 15.7. The second kappa shape index (κ2) is 6.90. The minimum absolute atomic E-state index is 0.0563. The summed E-state index contributed by atoms with van der Waals surface area (Å²) in [5.41, 5.74) is 1.04. The van der Waals surface area contributed by atoms with E-state index in [9.17, 15) is 14.4 Å². The van der Waals surface area contributed by atoms with Crippen LogP contribution in [-0.2, 0) is 22.6 Å². The van der Waals surface area contributed by atoms with E-state index in [2.05, 4.69) is 20.8 Å². The molecule has 0 aliphatic carbocycles. The van der Waals surface area contributed by atoms with E-state index in [0.29, 0.717) is 18.1 Å². The molecule has 0 saturated carbocycles. The third-order valence-corrected chi connectivity index (χ3v) is 3.39. The van der Waals surface area contributed by atoms with Crippen LogP contribution in [0.1, 0.15) is 17.3 Å². The number of imide groups is 1. The zero-order chi connectivity index (χ0) is 16.9. The highest BCUT2D eigenvalue weighted by molar-refractivity contribution is 6.04. The SMILES string of the molecule is O=C(CN1C(=O)CNC1=O)NCc1noc(Cc2ccccc2)n1. The van der Waals surface area contributed by atoms with Crippen LogP contribution in [-0.4, -0.2) is 46.0 Å². The molecule has 24 heavy (non-hydrogen) atoms. The summed E-state index contributed by atoms with van der Waals surface area (Å²) in [6.07, 6.45) is 0.504. The summed E-state index contributed by atoms with van der Waals surface area (Å²) in [5.74, 6) is -0.138. The Hall–Kier alpha value is -3.23. The van der Waals surface area contributed by atoms with Crippen LogP contribution in [0.4, 0.5) is 4.79 Å². The topological polar surface area (TPSA) is 117 Å². The molecule has 1 aromatic carbocycles. The van der Waals surface area contributed by atoms with Crippen LogP contribution in [0.15, 0.2) is 34.9 Å². The monoisotopic (exact) mass is 329 g/mol. The summed E-state index contributed by atoms with van der Waals surface area (Å²) in [6, 6.07) is 9.09. The Bertz CT molecular complexity index is 742. The fourth-order valence-corrected chi connectivity index (χ4v) is 2.20. The predicted molar refractivity (Wildman–Crippen MR) is 80.5 cm³/mol. The fraction of sp³-hybridized carbons (Fsp3) is 0.267. The number of hydrogen-bond donors (Lipinski definition) is 2. The Morgan fingerprint density at radius 1 is 1.29 bits per heavy atom. The van der Waals surface area contributed by atoms with Crippen molar-refractivity contribution in [3.05, 3.63) is 47.6 Å². The molecule has 9 heteroatoms. The van der Waals surface area contributed by atoms with E-state index < -0.39 is 17.8 Å². The van der Waals surface area contributed by atoms with Gasteiger partial charge in [0.05, 0.1) is 19.5 Å². The number of carbonyl (C=O) groups is 3. The average molecular weight is 329 g/mol. The largest absolute Gasteiger partial charge is 0.347 e. The van der Waals surface area contributed by atoms with Crippen LogP contribution in [0.5, 0.6) is 0 Å². The molecule has 0 spiro atoms. The zero-order valence-electron chi connectivity index (χ0n) is 12.7. The number of amides is 4. The van der Waals surface area contributed by atoms with Gasteiger partial charge in [-0.1, -0.05) is 35.5 Å². The summed E-state index contributed by atoms with van der Waals surface area (Å²) in [5, 5.41) is 8.67. The number of urea groups is 1. The van der Waals surface area contributed by atoms with E-state index in [1.807, 2.05) is 30.3 Å². The molecule has 2 heterocycles. The van der Waals surface area contributed by atoms with Crippen molar-refractivity contribution in [2.75, 3.05) is 13.1 Å². The van der Waals surface area contributed by atoms with Gasteiger partial charge in [0.15, 0.2) is 5.82 Å². The zero-order valence-corrected chi connectivity index (χ0v) is 12.7. The van der Waals surface area contributed by atoms with Gasteiger partial charge in [-0.3, -0.25) is 14.5 Å². The molecule has 1 aliphatic heterocycles. The highest BCUT2D eigenvalue weighted by Gasteiger charge is 2.30. The third kappa shape index (κ3) is 3.75. The van der Waals surface area contributed by atoms with Crippen molar-refractivity contribution in [1.29, 1.82) is 0 Å². The van der Waals surface area contributed by atoms with E-state index >= 15 is 0 Å². The standard InChI is InChI=1S/C15H15N5O4/c21-12(9-20-14(22)8-17-15(20)23)16-7-11-18-13(24-19-11)6-10-4-2-1-3-5-10/h1-5H,6-9H2,(H,16,21)(H,17,23). The Morgan fingerprint density at radius 2 is 2.08 bits per heavy atom. The summed E-state index contributed by atoms with van der Waals surface area (Å²) in [4.78, 5) is 39.6. The van der Waals surface area contributed by atoms with Gasteiger partial charge in [0.2, 0.25) is 11.8 Å². The van der Waals surface area contributed by atoms with Crippen molar-refractivity contribution < 1.29 is 18.9 Å². The lowest BCUT2D eigenvalue weighted by Crippen LogP contribution is -2.40. The van der Waals surface area contributed by atoms with Gasteiger partial charge >= 0.3 is 6.03 Å². The lowest BCUT2D eigenvalue weighted by Gasteiger charge is -2.11. The van der Waals surface area contributed by atoms with Crippen LogP contribution < -0.4 is 10.6 Å². The Kier molecular flexibility index (Phi) is 4.50. The molecule has 2 N–H and O–H groups in total. The molecule has 124 valence electrons. The number of benzene rings is 1. The molecule has 2 aromatic rings. The first-order chi connectivity index (χ1) is 11.6. The van der Waals surface area contributed by atoms with Gasteiger partial charge in [0.1, 0.15) is 6.54 Å². The van der Waals surface area contributed by atoms with Crippen molar-refractivity contribution in [2.45, 2.75) is 13.0 Å². The van der Waals surface area contributed by atoms with Gasteiger partial charge in [0.25, 0.3) is 5.91 Å². The van der Waals surface area contributed by atoms with E-state index in [-0.39, 0.29) is 19.6 Å². The quantitative estimate of drug-likeness (QED) is 0.711. The lowest BCUT2D eigenvalue weighted by molar-refractivity contribution is -0.130. The van der Waals surface area contributed by atoms with Crippen molar-refractivity contribution in [2.24, 2.45) is 0 Å². The summed E-state index contributed by atoms with van der Waals surface area (Å²) < 4.78 is 5.13. The van der Waals surface area contributed by atoms with Crippen LogP contribution in [0, 0.1) is 0 Å². The second-order valence-corrected chi connectivity index (χ2v) is 5.18. The van der Waals surface area contributed by atoms with Crippen molar-refractivity contribution >= 4 is 17.8 Å². The highest BCUT2D eigenvalue weighted by atomic mass is 16.5. The molecule has 0 radical (unpaired) electrons. The number of hydrogen-bond acceptors (Lipinski definition) is 6. The van der Waals surface area contributed by atoms with Crippen molar-refractivity contribution in [3.63, 3.8) is 0 Å².